The van der Waals surface area contributed by atoms with Crippen molar-refractivity contribution < 1.29 is 4.74 Å². The van der Waals surface area contributed by atoms with Crippen LogP contribution in [0.25, 0.3) is 0 Å². The SMILES string of the molecule is Cc1cc(C)cc(OCn2nc(N)cc2C)c1. The summed E-state index contributed by atoms with van der Waals surface area (Å²) in [5.41, 5.74) is 8.98. The van der Waals surface area contributed by atoms with E-state index in [4.69, 9.17) is 10.5 Å². The van der Waals surface area contributed by atoms with Gasteiger partial charge in [0, 0.05) is 11.8 Å². The molecule has 1 heterocycles. The van der Waals surface area contributed by atoms with Gasteiger partial charge < -0.3 is 10.5 Å². The van der Waals surface area contributed by atoms with Crippen molar-refractivity contribution in [3.63, 3.8) is 0 Å². The third kappa shape index (κ3) is 2.78. The number of rotatable bonds is 3. The number of aromatic nitrogens is 2. The zero-order valence-corrected chi connectivity index (χ0v) is 10.4. The topological polar surface area (TPSA) is 53.1 Å². The number of nitrogen functional groups attached to an aromatic ring is 1. The Morgan fingerprint density at radius 2 is 1.76 bits per heavy atom. The summed E-state index contributed by atoms with van der Waals surface area (Å²) < 4.78 is 7.44. The Morgan fingerprint density at radius 1 is 1.12 bits per heavy atom. The van der Waals surface area contributed by atoms with Crippen LogP contribution in [0, 0.1) is 20.8 Å². The van der Waals surface area contributed by atoms with Crippen molar-refractivity contribution in [1.29, 1.82) is 0 Å². The summed E-state index contributed by atoms with van der Waals surface area (Å²) in [5, 5.41) is 4.14. The average Bonchev–Trinajstić information content (AvgIpc) is 2.53. The van der Waals surface area contributed by atoms with E-state index in [1.165, 1.54) is 11.1 Å². The number of anilines is 1. The molecule has 0 saturated carbocycles. The Bertz CT molecular complexity index is 511. The molecule has 2 N–H and O–H groups in total. The minimum Gasteiger partial charge on any atom is -0.471 e. The highest BCUT2D eigenvalue weighted by Crippen LogP contribution is 2.17. The predicted octanol–water partition coefficient (Wildman–Crippen LogP) is 2.43. The molecule has 0 fully saturated rings. The molecule has 2 aromatic rings. The maximum atomic E-state index is 5.69. The predicted molar refractivity (Wildman–Crippen MR) is 67.9 cm³/mol. The van der Waals surface area contributed by atoms with Crippen LogP contribution in [0.1, 0.15) is 16.8 Å². The molecule has 0 aliphatic heterocycles. The number of nitrogens with zero attached hydrogens (tertiary/aromatic N) is 2. The van der Waals surface area contributed by atoms with Gasteiger partial charge in [-0.2, -0.15) is 5.10 Å². The Kier molecular flexibility index (Phi) is 3.04. The molecule has 0 bridgehead atoms. The normalized spacial score (nSPS) is 10.5. The van der Waals surface area contributed by atoms with Gasteiger partial charge in [0.25, 0.3) is 0 Å². The number of hydrogen-bond donors (Lipinski definition) is 1. The van der Waals surface area contributed by atoms with Gasteiger partial charge in [-0.15, -0.1) is 0 Å². The maximum absolute atomic E-state index is 5.69. The van der Waals surface area contributed by atoms with Gasteiger partial charge in [0.15, 0.2) is 6.73 Å². The van der Waals surface area contributed by atoms with Gasteiger partial charge >= 0.3 is 0 Å². The van der Waals surface area contributed by atoms with Gasteiger partial charge in [-0.3, -0.25) is 0 Å². The van der Waals surface area contributed by atoms with Crippen LogP contribution in [0.5, 0.6) is 5.75 Å². The van der Waals surface area contributed by atoms with E-state index >= 15 is 0 Å². The lowest BCUT2D eigenvalue weighted by Crippen LogP contribution is -2.08. The second-order valence-corrected chi connectivity index (χ2v) is 4.31. The molecule has 0 amide bonds. The number of ether oxygens (including phenoxy) is 1. The van der Waals surface area contributed by atoms with Gasteiger partial charge in [0.1, 0.15) is 11.6 Å². The van der Waals surface area contributed by atoms with Crippen LogP contribution in [-0.4, -0.2) is 9.78 Å². The molecule has 90 valence electrons. The second kappa shape index (κ2) is 4.49. The highest BCUT2D eigenvalue weighted by molar-refractivity contribution is 5.33. The summed E-state index contributed by atoms with van der Waals surface area (Å²) in [6.07, 6.45) is 0. The monoisotopic (exact) mass is 231 g/mol. The van der Waals surface area contributed by atoms with Crippen molar-refractivity contribution in [1.82, 2.24) is 9.78 Å². The summed E-state index contributed by atoms with van der Waals surface area (Å²) >= 11 is 0. The first-order chi connectivity index (χ1) is 8.04. The first kappa shape index (κ1) is 11.5. The molecular formula is C13H17N3O. The minimum atomic E-state index is 0.381. The van der Waals surface area contributed by atoms with Crippen molar-refractivity contribution in [3.8, 4) is 5.75 Å². The number of aryl methyl sites for hydroxylation is 3. The third-order valence-corrected chi connectivity index (χ3v) is 2.55. The van der Waals surface area contributed by atoms with Gasteiger partial charge in [0.05, 0.1) is 0 Å². The summed E-state index contributed by atoms with van der Waals surface area (Å²) in [6.45, 7) is 6.44. The molecule has 0 aliphatic carbocycles. The van der Waals surface area contributed by atoms with Crippen LogP contribution >= 0.6 is 0 Å². The fourth-order valence-corrected chi connectivity index (χ4v) is 1.82. The van der Waals surface area contributed by atoms with Crippen LogP contribution in [0.3, 0.4) is 0 Å². The summed E-state index contributed by atoms with van der Waals surface area (Å²) in [4.78, 5) is 0. The van der Waals surface area contributed by atoms with E-state index in [-0.39, 0.29) is 0 Å². The molecule has 0 aliphatic rings. The number of benzene rings is 1. The Hall–Kier alpha value is -1.97. The van der Waals surface area contributed by atoms with Gasteiger partial charge in [-0.25, -0.2) is 4.68 Å². The molecule has 0 atom stereocenters. The van der Waals surface area contributed by atoms with Crippen molar-refractivity contribution in [3.05, 3.63) is 41.1 Å². The highest BCUT2D eigenvalue weighted by Gasteiger charge is 2.02. The van der Waals surface area contributed by atoms with Crippen LogP contribution in [0.15, 0.2) is 24.3 Å². The molecular weight excluding hydrogens is 214 g/mol. The first-order valence-electron chi connectivity index (χ1n) is 5.55. The Morgan fingerprint density at radius 3 is 2.29 bits per heavy atom. The first-order valence-corrected chi connectivity index (χ1v) is 5.55. The van der Waals surface area contributed by atoms with Crippen molar-refractivity contribution >= 4 is 5.82 Å². The highest BCUT2D eigenvalue weighted by atomic mass is 16.5. The Labute approximate surface area is 101 Å². The maximum Gasteiger partial charge on any atom is 0.181 e. The zero-order chi connectivity index (χ0) is 12.4. The largest absolute Gasteiger partial charge is 0.471 e. The molecule has 0 unspecified atom stereocenters. The lowest BCUT2D eigenvalue weighted by Gasteiger charge is -2.09. The molecule has 2 rings (SSSR count). The molecule has 1 aromatic heterocycles. The van der Waals surface area contributed by atoms with E-state index in [2.05, 4.69) is 25.0 Å². The third-order valence-electron chi connectivity index (χ3n) is 2.55. The van der Waals surface area contributed by atoms with Gasteiger partial charge in [-0.05, 0) is 44.0 Å². The molecule has 1 aromatic carbocycles. The van der Waals surface area contributed by atoms with E-state index in [9.17, 15) is 0 Å². The molecule has 17 heavy (non-hydrogen) atoms. The molecule has 0 saturated heterocycles. The fraction of sp³-hybridized carbons (Fsp3) is 0.308. The van der Waals surface area contributed by atoms with E-state index in [0.29, 0.717) is 12.5 Å². The summed E-state index contributed by atoms with van der Waals surface area (Å²) in [6, 6.07) is 7.96. The van der Waals surface area contributed by atoms with E-state index in [1.54, 1.807) is 4.68 Å². The second-order valence-electron chi connectivity index (χ2n) is 4.31. The summed E-state index contributed by atoms with van der Waals surface area (Å²) in [7, 11) is 0. The van der Waals surface area contributed by atoms with Crippen LogP contribution in [-0.2, 0) is 6.73 Å². The van der Waals surface area contributed by atoms with E-state index in [0.717, 1.165) is 11.4 Å². The lowest BCUT2D eigenvalue weighted by molar-refractivity contribution is 0.218. The Balaban J connectivity index is 2.09. The zero-order valence-electron chi connectivity index (χ0n) is 10.4. The average molecular weight is 231 g/mol. The molecule has 0 spiro atoms. The van der Waals surface area contributed by atoms with Crippen molar-refractivity contribution in [2.24, 2.45) is 0 Å². The van der Waals surface area contributed by atoms with Gasteiger partial charge in [0.2, 0.25) is 0 Å². The minimum absolute atomic E-state index is 0.381. The fourth-order valence-electron chi connectivity index (χ4n) is 1.82. The molecule has 0 radical (unpaired) electrons. The quantitative estimate of drug-likeness (QED) is 0.882. The van der Waals surface area contributed by atoms with E-state index < -0.39 is 0 Å². The number of nitrogens with two attached hydrogens (primary N) is 1. The summed E-state index contributed by atoms with van der Waals surface area (Å²) in [5.74, 6) is 1.38. The smallest absolute Gasteiger partial charge is 0.181 e. The molecule has 4 heteroatoms. The van der Waals surface area contributed by atoms with Crippen LogP contribution in [0.2, 0.25) is 0 Å². The van der Waals surface area contributed by atoms with Crippen LogP contribution in [0.4, 0.5) is 5.82 Å². The van der Waals surface area contributed by atoms with E-state index in [1.807, 2.05) is 25.1 Å². The lowest BCUT2D eigenvalue weighted by atomic mass is 10.1. The van der Waals surface area contributed by atoms with Crippen molar-refractivity contribution in [2.75, 3.05) is 5.73 Å². The van der Waals surface area contributed by atoms with Gasteiger partial charge in [-0.1, -0.05) is 6.07 Å². The molecule has 4 nitrogen and oxygen atoms in total. The van der Waals surface area contributed by atoms with Crippen LogP contribution < -0.4 is 10.5 Å². The standard InChI is InChI=1S/C13H17N3O/c1-9-4-10(2)6-12(5-9)17-8-16-11(3)7-13(14)15-16/h4-7H,8H2,1-3H3,(H2,14,15). The number of hydrogen-bond acceptors (Lipinski definition) is 3. The van der Waals surface area contributed by atoms with Crippen molar-refractivity contribution in [2.45, 2.75) is 27.5 Å².